The number of rotatable bonds is 6. The maximum absolute atomic E-state index is 12.6. The first kappa shape index (κ1) is 17.8. The summed E-state index contributed by atoms with van der Waals surface area (Å²) in [5, 5.41) is 13.6. The highest BCUT2D eigenvalue weighted by molar-refractivity contribution is 5.85. The Hall–Kier alpha value is -2.01. The molecular formula is C20H29N3O2. The molecule has 1 aromatic heterocycles. The van der Waals surface area contributed by atoms with E-state index >= 15 is 0 Å². The molecule has 3 N–H and O–H groups in total. The molecule has 1 aliphatic heterocycles. The molecule has 0 fully saturated rings. The second-order valence-electron chi connectivity index (χ2n) is 7.49. The van der Waals surface area contributed by atoms with Crippen molar-refractivity contribution in [3.05, 3.63) is 35.5 Å². The van der Waals surface area contributed by atoms with Crippen LogP contribution in [0.25, 0.3) is 10.9 Å². The molecule has 2 heterocycles. The number of carbonyl (C=O) groups is 1. The summed E-state index contributed by atoms with van der Waals surface area (Å²) in [7, 11) is 0. The average Bonchev–Trinajstić information content (AvgIpc) is 2.96. The molecule has 0 bridgehead atoms. The predicted molar refractivity (Wildman–Crippen MR) is 100 cm³/mol. The van der Waals surface area contributed by atoms with Crippen LogP contribution in [0, 0.1) is 11.8 Å². The summed E-state index contributed by atoms with van der Waals surface area (Å²) >= 11 is 0. The summed E-state index contributed by atoms with van der Waals surface area (Å²) in [6, 6.07) is 8.32. The highest BCUT2D eigenvalue weighted by Gasteiger charge is 2.24. The number of hydrogen-bond donors (Lipinski definition) is 3. The van der Waals surface area contributed by atoms with Crippen LogP contribution in [0.4, 0.5) is 4.79 Å². The molecule has 25 heavy (non-hydrogen) atoms. The zero-order valence-corrected chi connectivity index (χ0v) is 15.2. The molecule has 3 rings (SSSR count). The van der Waals surface area contributed by atoms with Gasteiger partial charge in [0, 0.05) is 36.3 Å². The van der Waals surface area contributed by atoms with Crippen LogP contribution in [0.3, 0.4) is 0 Å². The van der Waals surface area contributed by atoms with Crippen LogP contribution >= 0.6 is 0 Å². The van der Waals surface area contributed by atoms with Crippen LogP contribution in [0.1, 0.15) is 37.9 Å². The molecule has 1 unspecified atom stereocenters. The zero-order chi connectivity index (χ0) is 17.8. The van der Waals surface area contributed by atoms with Gasteiger partial charge in [-0.25, -0.2) is 4.79 Å². The first-order valence-corrected chi connectivity index (χ1v) is 9.30. The zero-order valence-electron chi connectivity index (χ0n) is 15.2. The van der Waals surface area contributed by atoms with Crippen molar-refractivity contribution in [2.45, 2.75) is 39.7 Å². The Bertz CT molecular complexity index is 723. The van der Waals surface area contributed by atoms with Crippen molar-refractivity contribution < 1.29 is 9.90 Å². The number of benzene rings is 1. The predicted octanol–water partition coefficient (Wildman–Crippen LogP) is 3.28. The third-order valence-electron chi connectivity index (χ3n) is 5.05. The van der Waals surface area contributed by atoms with E-state index in [-0.39, 0.29) is 12.6 Å². The Morgan fingerprint density at radius 3 is 2.92 bits per heavy atom. The highest BCUT2D eigenvalue weighted by atomic mass is 16.3. The number of para-hydroxylation sites is 1. The van der Waals surface area contributed by atoms with Gasteiger partial charge in [0.05, 0.1) is 6.54 Å². The standard InChI is InChI=1S/C20H29N3O2/c1-14(2)11-15(8-10-24)12-21-20(25)23-9-7-17-16-5-3-4-6-18(16)22-19(17)13-23/h3-6,14-15,22,24H,7-13H2,1-2H3,(H,21,25). The van der Waals surface area contributed by atoms with Crippen LogP contribution in [0.2, 0.25) is 0 Å². The lowest BCUT2D eigenvalue weighted by Crippen LogP contribution is -2.44. The van der Waals surface area contributed by atoms with E-state index in [1.165, 1.54) is 10.9 Å². The Labute approximate surface area is 149 Å². The van der Waals surface area contributed by atoms with Gasteiger partial charge in [0.25, 0.3) is 0 Å². The summed E-state index contributed by atoms with van der Waals surface area (Å²) in [4.78, 5) is 17.9. The third-order valence-corrected chi connectivity index (χ3v) is 5.05. The minimum Gasteiger partial charge on any atom is -0.396 e. The third kappa shape index (κ3) is 4.15. The number of aromatic amines is 1. The Morgan fingerprint density at radius 2 is 2.16 bits per heavy atom. The Kier molecular flexibility index (Phi) is 5.63. The maximum Gasteiger partial charge on any atom is 0.317 e. The van der Waals surface area contributed by atoms with E-state index in [1.807, 2.05) is 11.0 Å². The van der Waals surface area contributed by atoms with E-state index in [0.29, 0.717) is 24.9 Å². The number of H-pyrrole nitrogens is 1. The first-order chi connectivity index (χ1) is 12.1. The van der Waals surface area contributed by atoms with Crippen LogP contribution in [-0.2, 0) is 13.0 Å². The summed E-state index contributed by atoms with van der Waals surface area (Å²) in [6.07, 6.45) is 2.65. The van der Waals surface area contributed by atoms with Gasteiger partial charge in [0.2, 0.25) is 0 Å². The summed E-state index contributed by atoms with van der Waals surface area (Å²) in [5.41, 5.74) is 3.64. The van der Waals surface area contributed by atoms with Crippen molar-refractivity contribution in [2.24, 2.45) is 11.8 Å². The van der Waals surface area contributed by atoms with Gasteiger partial charge in [-0.1, -0.05) is 32.0 Å². The Morgan fingerprint density at radius 1 is 1.36 bits per heavy atom. The monoisotopic (exact) mass is 343 g/mol. The van der Waals surface area contributed by atoms with Crippen LogP contribution in [0.15, 0.2) is 24.3 Å². The molecule has 0 radical (unpaired) electrons. The highest BCUT2D eigenvalue weighted by Crippen LogP contribution is 2.27. The quantitative estimate of drug-likeness (QED) is 0.753. The fourth-order valence-corrected chi connectivity index (χ4v) is 3.86. The molecule has 5 nitrogen and oxygen atoms in total. The van der Waals surface area contributed by atoms with E-state index in [4.69, 9.17) is 0 Å². The number of amides is 2. The topological polar surface area (TPSA) is 68.4 Å². The van der Waals surface area contributed by atoms with E-state index < -0.39 is 0 Å². The lowest BCUT2D eigenvalue weighted by Gasteiger charge is -2.28. The van der Waals surface area contributed by atoms with E-state index in [9.17, 15) is 9.90 Å². The molecule has 0 saturated carbocycles. The van der Waals surface area contributed by atoms with Gasteiger partial charge >= 0.3 is 6.03 Å². The molecule has 0 aliphatic carbocycles. The largest absolute Gasteiger partial charge is 0.396 e. The van der Waals surface area contributed by atoms with Gasteiger partial charge in [0.1, 0.15) is 0 Å². The van der Waals surface area contributed by atoms with Crippen molar-refractivity contribution in [1.82, 2.24) is 15.2 Å². The van der Waals surface area contributed by atoms with E-state index in [2.05, 4.69) is 42.3 Å². The number of nitrogens with one attached hydrogen (secondary N) is 2. The molecule has 1 atom stereocenters. The van der Waals surface area contributed by atoms with Gasteiger partial charge < -0.3 is 20.3 Å². The SMILES string of the molecule is CC(C)CC(CCO)CNC(=O)N1CCc2c([nH]c3ccccc23)C1. The number of aliphatic hydroxyl groups is 1. The second kappa shape index (κ2) is 7.91. The average molecular weight is 343 g/mol. The number of aromatic nitrogens is 1. The minimum absolute atomic E-state index is 0.00370. The number of urea groups is 1. The fraction of sp³-hybridized carbons (Fsp3) is 0.550. The van der Waals surface area contributed by atoms with Crippen molar-refractivity contribution >= 4 is 16.9 Å². The first-order valence-electron chi connectivity index (χ1n) is 9.30. The van der Waals surface area contributed by atoms with Crippen LogP contribution < -0.4 is 5.32 Å². The second-order valence-corrected chi connectivity index (χ2v) is 7.49. The van der Waals surface area contributed by atoms with Crippen molar-refractivity contribution in [3.8, 4) is 0 Å². The molecule has 136 valence electrons. The lowest BCUT2D eigenvalue weighted by atomic mass is 9.94. The number of aliphatic hydroxyl groups excluding tert-OH is 1. The molecule has 0 spiro atoms. The smallest absolute Gasteiger partial charge is 0.317 e. The van der Waals surface area contributed by atoms with E-state index in [0.717, 1.165) is 37.0 Å². The summed E-state index contributed by atoms with van der Waals surface area (Å²) in [5.74, 6) is 0.903. The van der Waals surface area contributed by atoms with Crippen molar-refractivity contribution in [3.63, 3.8) is 0 Å². The number of hydrogen-bond acceptors (Lipinski definition) is 2. The fourth-order valence-electron chi connectivity index (χ4n) is 3.86. The number of fused-ring (bicyclic) bond motifs is 3. The van der Waals surface area contributed by atoms with Gasteiger partial charge in [-0.15, -0.1) is 0 Å². The maximum atomic E-state index is 12.6. The Balaban J connectivity index is 1.60. The molecule has 1 aromatic carbocycles. The number of carbonyl (C=O) groups excluding carboxylic acids is 1. The van der Waals surface area contributed by atoms with E-state index in [1.54, 1.807) is 0 Å². The molecule has 2 aromatic rings. The lowest BCUT2D eigenvalue weighted by molar-refractivity contribution is 0.185. The van der Waals surface area contributed by atoms with Crippen LogP contribution in [-0.4, -0.2) is 40.7 Å². The number of nitrogens with zero attached hydrogens (tertiary/aromatic N) is 1. The van der Waals surface area contributed by atoms with Crippen molar-refractivity contribution in [1.29, 1.82) is 0 Å². The molecule has 2 amide bonds. The minimum atomic E-state index is -0.00370. The molecular weight excluding hydrogens is 314 g/mol. The van der Waals surface area contributed by atoms with Gasteiger partial charge in [0.15, 0.2) is 0 Å². The van der Waals surface area contributed by atoms with Gasteiger partial charge in [-0.3, -0.25) is 0 Å². The molecule has 5 heteroatoms. The summed E-state index contributed by atoms with van der Waals surface area (Å²) < 4.78 is 0. The molecule has 1 aliphatic rings. The van der Waals surface area contributed by atoms with Crippen LogP contribution in [0.5, 0.6) is 0 Å². The van der Waals surface area contributed by atoms with Gasteiger partial charge in [-0.2, -0.15) is 0 Å². The van der Waals surface area contributed by atoms with Gasteiger partial charge in [-0.05, 0) is 42.7 Å². The summed E-state index contributed by atoms with van der Waals surface area (Å²) in [6.45, 7) is 6.53. The normalized spacial score (nSPS) is 15.4. The van der Waals surface area contributed by atoms with Crippen molar-refractivity contribution in [2.75, 3.05) is 19.7 Å². The molecule has 0 saturated heterocycles.